The van der Waals surface area contributed by atoms with Crippen LogP contribution in [0, 0.1) is 5.82 Å². The zero-order valence-electron chi connectivity index (χ0n) is 17.9. The number of carbonyl (C=O) groups is 2. The Morgan fingerprint density at radius 1 is 1.13 bits per heavy atom. The van der Waals surface area contributed by atoms with E-state index in [-0.39, 0.29) is 43.3 Å². The predicted octanol–water partition coefficient (Wildman–Crippen LogP) is 3.33. The van der Waals surface area contributed by atoms with Gasteiger partial charge in [-0.05, 0) is 60.9 Å². The van der Waals surface area contributed by atoms with Gasteiger partial charge in [-0.25, -0.2) is 4.39 Å². The number of carbonyl (C=O) groups excluding carboxylic acids is 2. The summed E-state index contributed by atoms with van der Waals surface area (Å²) in [5, 5.41) is 2.77. The highest BCUT2D eigenvalue weighted by Gasteiger charge is 2.32. The van der Waals surface area contributed by atoms with E-state index in [0.717, 1.165) is 11.1 Å². The summed E-state index contributed by atoms with van der Waals surface area (Å²) in [5.74, 6) is 0.236. The van der Waals surface area contributed by atoms with Gasteiger partial charge in [0, 0.05) is 18.3 Å². The van der Waals surface area contributed by atoms with E-state index in [1.54, 1.807) is 21.1 Å². The van der Waals surface area contributed by atoms with Crippen molar-refractivity contribution in [3.63, 3.8) is 0 Å². The molecule has 0 spiro atoms. The van der Waals surface area contributed by atoms with Crippen molar-refractivity contribution < 1.29 is 28.2 Å². The molecule has 8 heteroatoms. The minimum atomic E-state index is -0.371. The fraction of sp³-hybridized carbons (Fsp3) is 0.391. The molecule has 0 aliphatic carbocycles. The van der Waals surface area contributed by atoms with Gasteiger partial charge in [0.25, 0.3) is 0 Å². The number of halogens is 1. The first-order valence-corrected chi connectivity index (χ1v) is 10.1. The summed E-state index contributed by atoms with van der Waals surface area (Å²) in [6, 6.07) is 9.02. The third-order valence-corrected chi connectivity index (χ3v) is 5.25. The lowest BCUT2D eigenvalue weighted by atomic mass is 9.90. The minimum Gasteiger partial charge on any atom is -0.493 e. The van der Waals surface area contributed by atoms with Crippen molar-refractivity contribution in [2.45, 2.75) is 25.8 Å². The summed E-state index contributed by atoms with van der Waals surface area (Å²) in [5.41, 5.74) is 2.46. The van der Waals surface area contributed by atoms with Gasteiger partial charge < -0.3 is 19.5 Å². The second-order valence-electron chi connectivity index (χ2n) is 7.21. The zero-order valence-corrected chi connectivity index (χ0v) is 17.9. The highest BCUT2D eigenvalue weighted by Crippen LogP contribution is 2.39. The number of esters is 1. The largest absolute Gasteiger partial charge is 0.493 e. The molecule has 1 N–H and O–H groups in total. The topological polar surface area (TPSA) is 77.1 Å². The van der Waals surface area contributed by atoms with Crippen LogP contribution in [0.3, 0.4) is 0 Å². The molecule has 1 aliphatic heterocycles. The molecule has 2 aromatic carbocycles. The summed E-state index contributed by atoms with van der Waals surface area (Å²) >= 11 is 0. The van der Waals surface area contributed by atoms with Crippen LogP contribution in [-0.4, -0.2) is 50.7 Å². The van der Waals surface area contributed by atoms with Gasteiger partial charge >= 0.3 is 5.97 Å². The highest BCUT2D eigenvalue weighted by atomic mass is 19.1. The minimum absolute atomic E-state index is 0.0786. The predicted molar refractivity (Wildman–Crippen MR) is 114 cm³/mol. The molecule has 1 amide bonds. The molecule has 1 aliphatic rings. The lowest BCUT2D eigenvalue weighted by molar-refractivity contribution is -0.145. The van der Waals surface area contributed by atoms with Gasteiger partial charge in [-0.1, -0.05) is 0 Å². The number of ether oxygens (including phenoxy) is 3. The normalized spacial score (nSPS) is 15.7. The van der Waals surface area contributed by atoms with Crippen LogP contribution in [-0.2, 0) is 20.7 Å². The summed E-state index contributed by atoms with van der Waals surface area (Å²) < 4.78 is 29.1. The zero-order chi connectivity index (χ0) is 22.4. The average Bonchev–Trinajstić information content (AvgIpc) is 2.76. The quantitative estimate of drug-likeness (QED) is 0.648. The summed E-state index contributed by atoms with van der Waals surface area (Å²) in [4.78, 5) is 26.9. The van der Waals surface area contributed by atoms with Gasteiger partial charge in [-0.3, -0.25) is 14.5 Å². The fourth-order valence-electron chi connectivity index (χ4n) is 3.80. The van der Waals surface area contributed by atoms with Crippen LogP contribution < -0.4 is 14.8 Å². The summed E-state index contributed by atoms with van der Waals surface area (Å²) in [6.45, 7) is 2.71. The number of hydrogen-bond donors (Lipinski definition) is 1. The van der Waals surface area contributed by atoms with Crippen molar-refractivity contribution in [1.29, 1.82) is 0 Å². The molecule has 166 valence electrons. The second-order valence-corrected chi connectivity index (χ2v) is 7.21. The van der Waals surface area contributed by atoms with Crippen LogP contribution in [0.4, 0.5) is 10.1 Å². The third-order valence-electron chi connectivity index (χ3n) is 5.25. The summed E-state index contributed by atoms with van der Waals surface area (Å²) in [7, 11) is 3.14. The van der Waals surface area contributed by atoms with Crippen molar-refractivity contribution in [2.75, 3.05) is 39.2 Å². The fourth-order valence-corrected chi connectivity index (χ4v) is 3.80. The van der Waals surface area contributed by atoms with E-state index in [1.807, 2.05) is 17.0 Å². The van der Waals surface area contributed by atoms with Gasteiger partial charge in [0.2, 0.25) is 5.91 Å². The smallest absolute Gasteiger partial charge is 0.307 e. The van der Waals surface area contributed by atoms with E-state index < -0.39 is 0 Å². The van der Waals surface area contributed by atoms with Crippen LogP contribution >= 0.6 is 0 Å². The monoisotopic (exact) mass is 430 g/mol. The molecule has 7 nitrogen and oxygen atoms in total. The van der Waals surface area contributed by atoms with E-state index in [2.05, 4.69) is 5.32 Å². The molecule has 31 heavy (non-hydrogen) atoms. The van der Waals surface area contributed by atoms with Crippen LogP contribution in [0.25, 0.3) is 0 Å². The molecule has 1 heterocycles. The first-order valence-electron chi connectivity index (χ1n) is 10.1. The number of rotatable bonds is 8. The number of nitrogens with one attached hydrogen (secondary N) is 1. The second kappa shape index (κ2) is 10.3. The van der Waals surface area contributed by atoms with Gasteiger partial charge in [0.15, 0.2) is 11.5 Å². The first kappa shape index (κ1) is 22.6. The van der Waals surface area contributed by atoms with Gasteiger partial charge in [-0.2, -0.15) is 0 Å². The molecule has 2 aromatic rings. The third kappa shape index (κ3) is 5.52. The van der Waals surface area contributed by atoms with E-state index in [9.17, 15) is 14.0 Å². The van der Waals surface area contributed by atoms with E-state index in [4.69, 9.17) is 14.2 Å². The molecule has 0 bridgehead atoms. The number of fused-ring (bicyclic) bond motifs is 1. The lowest BCUT2D eigenvalue weighted by Crippen LogP contribution is -2.41. The van der Waals surface area contributed by atoms with E-state index in [0.29, 0.717) is 30.2 Å². The Bertz CT molecular complexity index is 932. The number of anilines is 1. The Morgan fingerprint density at radius 2 is 1.81 bits per heavy atom. The molecule has 0 unspecified atom stereocenters. The van der Waals surface area contributed by atoms with Crippen molar-refractivity contribution in [3.05, 3.63) is 53.3 Å². The van der Waals surface area contributed by atoms with Gasteiger partial charge in [0.05, 0.1) is 33.8 Å². The number of benzene rings is 2. The van der Waals surface area contributed by atoms with Crippen molar-refractivity contribution in [2.24, 2.45) is 0 Å². The standard InChI is InChI=1S/C23H27FN2O5/c1-4-31-23(28)13-19-18-12-21(30-3)20(29-2)11-15(18)9-10-26(19)14-22(27)25-17-7-5-16(24)6-8-17/h5-8,11-12,19H,4,9-10,13-14H2,1-3H3,(H,25,27)/t19-/m1/s1. The SMILES string of the molecule is CCOC(=O)C[C@@H]1c2cc(OC)c(OC)cc2CCN1CC(=O)Nc1ccc(F)cc1. The van der Waals surface area contributed by atoms with Crippen molar-refractivity contribution in [3.8, 4) is 11.5 Å². The number of amides is 1. The maximum atomic E-state index is 13.1. The molecular formula is C23H27FN2O5. The molecule has 0 aromatic heterocycles. The van der Waals surface area contributed by atoms with Crippen LogP contribution in [0.5, 0.6) is 11.5 Å². The molecular weight excluding hydrogens is 403 g/mol. The van der Waals surface area contributed by atoms with E-state index >= 15 is 0 Å². The number of hydrogen-bond acceptors (Lipinski definition) is 6. The lowest BCUT2D eigenvalue weighted by Gasteiger charge is -2.37. The molecule has 0 radical (unpaired) electrons. The molecule has 0 saturated carbocycles. The van der Waals surface area contributed by atoms with Crippen LogP contribution in [0.2, 0.25) is 0 Å². The molecule has 3 rings (SSSR count). The molecule has 0 fully saturated rings. The average molecular weight is 430 g/mol. The maximum absolute atomic E-state index is 13.1. The Morgan fingerprint density at radius 3 is 2.45 bits per heavy atom. The molecule has 0 saturated heterocycles. The first-order chi connectivity index (χ1) is 14.9. The number of nitrogens with zero attached hydrogens (tertiary/aromatic N) is 1. The Labute approximate surface area is 181 Å². The Balaban J connectivity index is 1.84. The molecule has 1 atom stereocenters. The number of methoxy groups -OCH3 is 2. The van der Waals surface area contributed by atoms with Crippen LogP contribution in [0.15, 0.2) is 36.4 Å². The van der Waals surface area contributed by atoms with Crippen LogP contribution in [0.1, 0.15) is 30.5 Å². The van der Waals surface area contributed by atoms with Crippen molar-refractivity contribution >= 4 is 17.6 Å². The Hall–Kier alpha value is -3.13. The summed E-state index contributed by atoms with van der Waals surface area (Å²) in [6.07, 6.45) is 0.805. The van der Waals surface area contributed by atoms with Crippen molar-refractivity contribution in [1.82, 2.24) is 4.90 Å². The highest BCUT2D eigenvalue weighted by molar-refractivity contribution is 5.92. The van der Waals surface area contributed by atoms with Gasteiger partial charge in [0.1, 0.15) is 5.82 Å². The Kier molecular flexibility index (Phi) is 7.46. The van der Waals surface area contributed by atoms with E-state index in [1.165, 1.54) is 24.3 Å². The van der Waals surface area contributed by atoms with Gasteiger partial charge in [-0.15, -0.1) is 0 Å². The maximum Gasteiger partial charge on any atom is 0.307 e.